The molecule has 0 unspecified atom stereocenters. The third-order valence-electron chi connectivity index (χ3n) is 5.88. The second-order valence-electron chi connectivity index (χ2n) is 8.46. The van der Waals surface area contributed by atoms with E-state index in [9.17, 15) is 4.79 Å². The number of hydrogen-bond donors (Lipinski definition) is 0. The van der Waals surface area contributed by atoms with Crippen LogP contribution in [0.4, 0.5) is 0 Å². The normalized spacial score (nSPS) is 12.0. The quantitative estimate of drug-likeness (QED) is 0.173. The molecule has 0 fully saturated rings. The van der Waals surface area contributed by atoms with Crippen LogP contribution in [0.5, 0.6) is 0 Å². The SMILES string of the molecule is CCCCn1c([S][Sn]([CH2]CCC)([CH2]CCC)[CH2]CCC)nc2cc(Cl)ccc2c1=O. The third-order valence-corrected chi connectivity index (χ3v) is 27.3. The van der Waals surface area contributed by atoms with Crippen LogP contribution in [-0.4, -0.2) is 26.5 Å². The standard InChI is InChI=1S/C12H13ClN2OS.3C4H9.Sn/c1-2-3-6-15-11(16)9-5-4-8(13)7-10(9)14-12(15)17;3*1-3-4-2;/h4-5,7H,2-3,6H2,1H3,(H,14,17);3*1,3-4H2,2H3;/q;;;;+1/p-1. The molecule has 0 saturated carbocycles. The van der Waals surface area contributed by atoms with E-state index >= 15 is 0 Å². The Labute approximate surface area is 194 Å². The van der Waals surface area contributed by atoms with Crippen molar-refractivity contribution >= 4 is 48.4 Å². The molecular formula is C24H39ClN2OSSn. The van der Waals surface area contributed by atoms with Crippen LogP contribution in [0.3, 0.4) is 0 Å². The number of halogens is 1. The van der Waals surface area contributed by atoms with Gasteiger partial charge >= 0.3 is 196 Å². The predicted octanol–water partition coefficient (Wildman–Crippen LogP) is 8.29. The first-order valence-corrected chi connectivity index (χ1v) is 22.6. The van der Waals surface area contributed by atoms with E-state index in [-0.39, 0.29) is 5.56 Å². The summed E-state index contributed by atoms with van der Waals surface area (Å²) in [5.41, 5.74) is 0.860. The van der Waals surface area contributed by atoms with Crippen molar-refractivity contribution in [3.05, 3.63) is 33.6 Å². The van der Waals surface area contributed by atoms with E-state index in [1.165, 1.54) is 51.8 Å². The maximum atomic E-state index is 13.4. The van der Waals surface area contributed by atoms with E-state index in [2.05, 4.69) is 36.6 Å². The summed E-state index contributed by atoms with van der Waals surface area (Å²) in [6, 6.07) is 5.50. The molecule has 30 heavy (non-hydrogen) atoms. The van der Waals surface area contributed by atoms with Gasteiger partial charge in [-0.05, 0) is 0 Å². The molecule has 0 aliphatic carbocycles. The third kappa shape index (κ3) is 7.16. The van der Waals surface area contributed by atoms with Gasteiger partial charge < -0.3 is 0 Å². The van der Waals surface area contributed by atoms with E-state index in [1.807, 2.05) is 16.7 Å². The van der Waals surface area contributed by atoms with Gasteiger partial charge in [0, 0.05) is 0 Å². The second-order valence-corrected chi connectivity index (χ2v) is 28.1. The number of hydrogen-bond acceptors (Lipinski definition) is 3. The van der Waals surface area contributed by atoms with Gasteiger partial charge in [-0.15, -0.1) is 0 Å². The van der Waals surface area contributed by atoms with Crippen molar-refractivity contribution in [2.75, 3.05) is 0 Å². The monoisotopic (exact) mass is 558 g/mol. The van der Waals surface area contributed by atoms with Gasteiger partial charge in [0.15, 0.2) is 0 Å². The van der Waals surface area contributed by atoms with Crippen molar-refractivity contribution in [3.63, 3.8) is 0 Å². The van der Waals surface area contributed by atoms with Crippen LogP contribution >= 0.6 is 20.5 Å². The van der Waals surface area contributed by atoms with Crippen molar-refractivity contribution in [2.45, 2.75) is 104 Å². The van der Waals surface area contributed by atoms with Crippen LogP contribution in [0.25, 0.3) is 10.9 Å². The summed E-state index contributed by atoms with van der Waals surface area (Å²) in [5.74, 6) is 0. The molecule has 1 aromatic heterocycles. The van der Waals surface area contributed by atoms with Gasteiger partial charge in [-0.25, -0.2) is 0 Å². The summed E-state index contributed by atoms with van der Waals surface area (Å²) < 4.78 is 6.17. The Morgan fingerprint density at radius 1 is 0.933 bits per heavy atom. The van der Waals surface area contributed by atoms with E-state index in [1.54, 1.807) is 6.07 Å². The number of benzene rings is 1. The molecule has 0 atom stereocenters. The Balaban J connectivity index is 2.56. The van der Waals surface area contributed by atoms with Gasteiger partial charge in [0.1, 0.15) is 0 Å². The number of unbranched alkanes of at least 4 members (excludes halogenated alkanes) is 4. The number of rotatable bonds is 14. The number of nitrogens with zero attached hydrogens (tertiary/aromatic N) is 2. The molecule has 2 rings (SSSR count). The summed E-state index contributed by atoms with van der Waals surface area (Å²) in [4.78, 5) is 18.4. The van der Waals surface area contributed by atoms with Crippen molar-refractivity contribution in [3.8, 4) is 0 Å². The molecule has 0 radical (unpaired) electrons. The van der Waals surface area contributed by atoms with Gasteiger partial charge in [0.2, 0.25) is 0 Å². The Bertz CT molecular complexity index is 833. The molecule has 0 bridgehead atoms. The molecule has 3 nitrogen and oxygen atoms in total. The zero-order valence-corrected chi connectivity index (χ0v) is 23.7. The van der Waals surface area contributed by atoms with Gasteiger partial charge in [0.05, 0.1) is 0 Å². The fourth-order valence-corrected chi connectivity index (χ4v) is 26.1. The minimum absolute atomic E-state index is 0.106. The van der Waals surface area contributed by atoms with Crippen molar-refractivity contribution in [1.29, 1.82) is 0 Å². The molecule has 0 N–H and O–H groups in total. The molecule has 2 aromatic rings. The van der Waals surface area contributed by atoms with E-state index in [0.29, 0.717) is 10.4 Å². The minimum atomic E-state index is -2.55. The van der Waals surface area contributed by atoms with Crippen LogP contribution in [-0.2, 0) is 6.54 Å². The summed E-state index contributed by atoms with van der Waals surface area (Å²) in [5, 5.41) is 2.31. The number of aromatic nitrogens is 2. The van der Waals surface area contributed by atoms with Gasteiger partial charge in [0.25, 0.3) is 0 Å². The molecule has 0 aliphatic rings. The topological polar surface area (TPSA) is 34.9 Å². The van der Waals surface area contributed by atoms with Crippen molar-refractivity contribution < 1.29 is 0 Å². The Morgan fingerprint density at radius 2 is 1.50 bits per heavy atom. The zero-order chi connectivity index (χ0) is 22.0. The molecule has 0 saturated heterocycles. The predicted molar refractivity (Wildman–Crippen MR) is 137 cm³/mol. The van der Waals surface area contributed by atoms with Crippen LogP contribution in [0.15, 0.2) is 28.2 Å². The van der Waals surface area contributed by atoms with Crippen LogP contribution in [0, 0.1) is 0 Å². The first-order chi connectivity index (χ1) is 14.5. The van der Waals surface area contributed by atoms with Crippen molar-refractivity contribution in [2.24, 2.45) is 0 Å². The molecule has 168 valence electrons. The molecule has 6 heteroatoms. The summed E-state index contributed by atoms with van der Waals surface area (Å²) >= 11 is 3.70. The Hall–Kier alpha value is -0.201. The first-order valence-electron chi connectivity index (χ1n) is 11.9. The van der Waals surface area contributed by atoms with Gasteiger partial charge in [-0.3, -0.25) is 0 Å². The fraction of sp³-hybridized carbons (Fsp3) is 0.667. The van der Waals surface area contributed by atoms with E-state index in [0.717, 1.165) is 30.1 Å². The fourth-order valence-electron chi connectivity index (χ4n) is 3.98. The first kappa shape index (κ1) is 26.1. The average molecular weight is 558 g/mol. The molecule has 1 heterocycles. The van der Waals surface area contributed by atoms with E-state index in [4.69, 9.17) is 16.6 Å². The maximum absolute atomic E-state index is 13.4. The van der Waals surface area contributed by atoms with Gasteiger partial charge in [-0.2, -0.15) is 0 Å². The molecular weight excluding hydrogens is 519 g/mol. The van der Waals surface area contributed by atoms with Crippen LogP contribution in [0.1, 0.15) is 79.1 Å². The second kappa shape index (κ2) is 13.4. The Kier molecular flexibility index (Phi) is 11.6. The van der Waals surface area contributed by atoms with Crippen molar-refractivity contribution in [1.82, 2.24) is 9.55 Å². The molecule has 0 amide bonds. The van der Waals surface area contributed by atoms with E-state index < -0.39 is 17.0 Å². The van der Waals surface area contributed by atoms with Crippen LogP contribution < -0.4 is 5.56 Å². The molecule has 0 spiro atoms. The average Bonchev–Trinajstić information content (AvgIpc) is 2.74. The van der Waals surface area contributed by atoms with Crippen LogP contribution in [0.2, 0.25) is 18.3 Å². The summed E-state index contributed by atoms with van der Waals surface area (Å²) in [6.07, 6.45) is 9.78. The number of fused-ring (bicyclic) bond motifs is 1. The molecule has 0 aliphatic heterocycles. The van der Waals surface area contributed by atoms with Gasteiger partial charge in [-0.1, -0.05) is 0 Å². The Morgan fingerprint density at radius 3 is 2.03 bits per heavy atom. The summed E-state index contributed by atoms with van der Waals surface area (Å²) in [6.45, 7) is 9.84. The summed E-state index contributed by atoms with van der Waals surface area (Å²) in [7, 11) is 2.09. The molecule has 1 aromatic carbocycles. The zero-order valence-electron chi connectivity index (χ0n) is 19.3.